The Morgan fingerprint density at radius 1 is 1.47 bits per heavy atom. The molecule has 0 radical (unpaired) electrons. The van der Waals surface area contributed by atoms with Crippen LogP contribution in [0.5, 0.6) is 0 Å². The molecular weight excluding hydrogens is 232 g/mol. The summed E-state index contributed by atoms with van der Waals surface area (Å²) in [6.45, 7) is 3.78. The Kier molecular flexibility index (Phi) is 2.71. The van der Waals surface area contributed by atoms with Crippen molar-refractivity contribution >= 4 is 17.2 Å². The molecule has 3 nitrogen and oxygen atoms in total. The maximum Gasteiger partial charge on any atom is 0.264 e. The number of likely N-dealkylation sites (tertiary alicyclic amines) is 1. The van der Waals surface area contributed by atoms with Crippen LogP contribution < -0.4 is 5.73 Å². The summed E-state index contributed by atoms with van der Waals surface area (Å²) in [5.74, 6) is 1.40. The van der Waals surface area contributed by atoms with Crippen LogP contribution in [0.25, 0.3) is 0 Å². The second-order valence-electron chi connectivity index (χ2n) is 5.31. The number of carbonyl (C=O) groups excluding carboxylic acids is 1. The van der Waals surface area contributed by atoms with Gasteiger partial charge in [0.2, 0.25) is 0 Å². The van der Waals surface area contributed by atoms with Crippen molar-refractivity contribution in [2.45, 2.75) is 25.8 Å². The van der Waals surface area contributed by atoms with E-state index in [9.17, 15) is 4.79 Å². The monoisotopic (exact) mass is 250 g/mol. The lowest BCUT2D eigenvalue weighted by Gasteiger charge is -2.18. The van der Waals surface area contributed by atoms with Gasteiger partial charge in [-0.3, -0.25) is 4.79 Å². The number of hydrogen-bond donors (Lipinski definition) is 1. The minimum atomic E-state index is 0.208. The predicted molar refractivity (Wildman–Crippen MR) is 69.1 cm³/mol. The van der Waals surface area contributed by atoms with Crippen LogP contribution in [0, 0.1) is 18.8 Å². The van der Waals surface area contributed by atoms with Gasteiger partial charge in [0.1, 0.15) is 0 Å². The van der Waals surface area contributed by atoms with E-state index in [1.54, 1.807) is 11.3 Å². The molecular formula is C13H18N2OS. The number of hydrogen-bond acceptors (Lipinski definition) is 3. The van der Waals surface area contributed by atoms with Crippen molar-refractivity contribution in [3.63, 3.8) is 0 Å². The second kappa shape index (κ2) is 4.10. The molecule has 1 aliphatic heterocycles. The maximum absolute atomic E-state index is 12.4. The molecule has 3 atom stereocenters. The summed E-state index contributed by atoms with van der Waals surface area (Å²) in [6.07, 6.45) is 2.33. The van der Waals surface area contributed by atoms with E-state index in [1.807, 2.05) is 23.3 Å². The molecule has 0 aromatic carbocycles. The molecule has 2 heterocycles. The lowest BCUT2D eigenvalue weighted by Crippen LogP contribution is -2.33. The van der Waals surface area contributed by atoms with Gasteiger partial charge in [0.05, 0.1) is 4.88 Å². The van der Waals surface area contributed by atoms with Gasteiger partial charge < -0.3 is 10.6 Å². The number of rotatable bonds is 1. The van der Waals surface area contributed by atoms with Crippen LogP contribution in [0.3, 0.4) is 0 Å². The number of fused-ring (bicyclic) bond motifs is 1. The Labute approximate surface area is 106 Å². The topological polar surface area (TPSA) is 46.3 Å². The molecule has 2 aliphatic rings. The molecule has 1 aliphatic carbocycles. The molecule has 1 saturated heterocycles. The van der Waals surface area contributed by atoms with Gasteiger partial charge in [0, 0.05) is 19.1 Å². The van der Waals surface area contributed by atoms with E-state index < -0.39 is 0 Å². The minimum Gasteiger partial charge on any atom is -0.337 e. The highest BCUT2D eigenvalue weighted by atomic mass is 32.1. The van der Waals surface area contributed by atoms with E-state index in [0.29, 0.717) is 17.9 Å². The molecule has 4 heteroatoms. The van der Waals surface area contributed by atoms with Crippen molar-refractivity contribution in [3.05, 3.63) is 21.9 Å². The quantitative estimate of drug-likeness (QED) is 0.827. The number of aryl methyl sites for hydroxylation is 1. The number of thiophene rings is 1. The van der Waals surface area contributed by atoms with Crippen molar-refractivity contribution in [3.8, 4) is 0 Å². The molecule has 1 aromatic rings. The summed E-state index contributed by atoms with van der Waals surface area (Å²) in [5, 5.41) is 1.99. The van der Waals surface area contributed by atoms with Crippen LogP contribution in [-0.2, 0) is 0 Å². The van der Waals surface area contributed by atoms with Crippen molar-refractivity contribution < 1.29 is 4.79 Å². The molecule has 1 aromatic heterocycles. The van der Waals surface area contributed by atoms with Gasteiger partial charge in [-0.05, 0) is 48.6 Å². The zero-order valence-electron chi connectivity index (χ0n) is 10.1. The van der Waals surface area contributed by atoms with Gasteiger partial charge in [0.15, 0.2) is 0 Å². The van der Waals surface area contributed by atoms with Crippen LogP contribution in [0.2, 0.25) is 0 Å². The van der Waals surface area contributed by atoms with Crippen molar-refractivity contribution in [2.24, 2.45) is 17.6 Å². The average Bonchev–Trinajstić information content (AvgIpc) is 2.96. The van der Waals surface area contributed by atoms with E-state index in [0.717, 1.165) is 30.0 Å². The molecule has 0 spiro atoms. The Balaban J connectivity index is 1.75. The number of amides is 1. The molecule has 1 saturated carbocycles. The highest BCUT2D eigenvalue weighted by Gasteiger charge is 2.42. The highest BCUT2D eigenvalue weighted by Crippen LogP contribution is 2.38. The summed E-state index contributed by atoms with van der Waals surface area (Å²) in [5.41, 5.74) is 7.19. The zero-order valence-corrected chi connectivity index (χ0v) is 10.9. The normalized spacial score (nSPS) is 31.9. The van der Waals surface area contributed by atoms with Crippen molar-refractivity contribution in [2.75, 3.05) is 13.1 Å². The van der Waals surface area contributed by atoms with Crippen LogP contribution in [0.15, 0.2) is 11.4 Å². The summed E-state index contributed by atoms with van der Waals surface area (Å²) >= 11 is 1.55. The van der Waals surface area contributed by atoms with Crippen molar-refractivity contribution in [1.82, 2.24) is 4.90 Å². The first kappa shape index (κ1) is 11.2. The Morgan fingerprint density at radius 3 is 2.94 bits per heavy atom. The number of nitrogens with zero attached hydrogens (tertiary/aromatic N) is 1. The molecule has 92 valence electrons. The summed E-state index contributed by atoms with van der Waals surface area (Å²) in [7, 11) is 0. The number of carbonyl (C=O) groups is 1. The summed E-state index contributed by atoms with van der Waals surface area (Å²) in [6, 6.07) is 2.32. The van der Waals surface area contributed by atoms with Crippen LogP contribution in [0.1, 0.15) is 28.1 Å². The lowest BCUT2D eigenvalue weighted by molar-refractivity contribution is 0.0784. The molecule has 2 N–H and O–H groups in total. The molecule has 1 amide bonds. The first-order valence-electron chi connectivity index (χ1n) is 6.26. The zero-order chi connectivity index (χ0) is 12.0. The molecule has 3 rings (SSSR count). The lowest BCUT2D eigenvalue weighted by atomic mass is 9.98. The first-order chi connectivity index (χ1) is 8.16. The third-order valence-electron chi connectivity index (χ3n) is 4.26. The minimum absolute atomic E-state index is 0.208. The van der Waals surface area contributed by atoms with Gasteiger partial charge in [-0.15, -0.1) is 11.3 Å². The second-order valence-corrected chi connectivity index (χ2v) is 6.22. The number of nitrogens with two attached hydrogens (primary N) is 1. The first-order valence-corrected chi connectivity index (χ1v) is 7.13. The Bertz CT molecular complexity index is 442. The third kappa shape index (κ3) is 1.79. The van der Waals surface area contributed by atoms with E-state index >= 15 is 0 Å². The van der Waals surface area contributed by atoms with E-state index in [-0.39, 0.29) is 5.91 Å². The fourth-order valence-corrected chi connectivity index (χ4v) is 4.10. The third-order valence-corrected chi connectivity index (χ3v) is 5.26. The highest BCUT2D eigenvalue weighted by molar-refractivity contribution is 7.12. The molecule has 2 fully saturated rings. The molecule has 0 unspecified atom stereocenters. The smallest absolute Gasteiger partial charge is 0.264 e. The standard InChI is InChI=1S/C13H18N2OS/c1-8-4-5-17-12(8)13(16)15-6-9-2-3-11(14)10(9)7-15/h4-5,9-11H,2-3,6-7,14H2,1H3/t9-,10+,11-/m0/s1. The Morgan fingerprint density at radius 2 is 2.29 bits per heavy atom. The predicted octanol–water partition coefficient (Wildman–Crippen LogP) is 1.87. The fourth-order valence-electron chi connectivity index (χ4n) is 3.21. The molecule has 17 heavy (non-hydrogen) atoms. The van der Waals surface area contributed by atoms with Crippen LogP contribution >= 0.6 is 11.3 Å². The largest absolute Gasteiger partial charge is 0.337 e. The van der Waals surface area contributed by atoms with Gasteiger partial charge in [-0.1, -0.05) is 0 Å². The molecule has 0 bridgehead atoms. The van der Waals surface area contributed by atoms with Gasteiger partial charge in [-0.2, -0.15) is 0 Å². The van der Waals surface area contributed by atoms with Gasteiger partial charge in [-0.25, -0.2) is 0 Å². The van der Waals surface area contributed by atoms with E-state index in [2.05, 4.69) is 0 Å². The van der Waals surface area contributed by atoms with Gasteiger partial charge in [0.25, 0.3) is 5.91 Å². The fraction of sp³-hybridized carbons (Fsp3) is 0.615. The van der Waals surface area contributed by atoms with Crippen LogP contribution in [-0.4, -0.2) is 29.9 Å². The van der Waals surface area contributed by atoms with E-state index in [4.69, 9.17) is 5.73 Å². The SMILES string of the molecule is Cc1ccsc1C(=O)N1C[C@@H]2CC[C@H](N)[C@@H]2C1. The summed E-state index contributed by atoms with van der Waals surface area (Å²) in [4.78, 5) is 15.3. The maximum atomic E-state index is 12.4. The summed E-state index contributed by atoms with van der Waals surface area (Å²) < 4.78 is 0. The van der Waals surface area contributed by atoms with Gasteiger partial charge >= 0.3 is 0 Å². The average molecular weight is 250 g/mol. The van der Waals surface area contributed by atoms with Crippen molar-refractivity contribution in [1.29, 1.82) is 0 Å². The van der Waals surface area contributed by atoms with E-state index in [1.165, 1.54) is 6.42 Å². The Hall–Kier alpha value is -0.870. The van der Waals surface area contributed by atoms with Crippen LogP contribution in [0.4, 0.5) is 0 Å².